The third kappa shape index (κ3) is 2.85. The third-order valence-electron chi connectivity index (χ3n) is 4.48. The maximum absolute atomic E-state index is 13.7. The molecule has 1 aliphatic heterocycles. The lowest BCUT2D eigenvalue weighted by atomic mass is 10.2. The van der Waals surface area contributed by atoms with E-state index in [0.717, 1.165) is 5.56 Å². The molecule has 0 N–H and O–H groups in total. The van der Waals surface area contributed by atoms with Gasteiger partial charge in [0.2, 0.25) is 5.95 Å². The summed E-state index contributed by atoms with van der Waals surface area (Å²) < 4.78 is 68.7. The Morgan fingerprint density at radius 3 is 2.44 bits per heavy atom. The molecule has 0 fully saturated rings. The number of alkyl halides is 3. The molecule has 1 unspecified atom stereocenters. The molecule has 1 aliphatic rings. The zero-order chi connectivity index (χ0) is 19.6. The average Bonchev–Trinajstić information content (AvgIpc) is 3.10. The number of imidazole rings is 1. The molecular formula is C17H13ClF3N3O2S. The van der Waals surface area contributed by atoms with E-state index in [4.69, 9.17) is 11.6 Å². The summed E-state index contributed by atoms with van der Waals surface area (Å²) in [6.07, 6.45) is -4.75. The van der Waals surface area contributed by atoms with Gasteiger partial charge in [0.05, 0.1) is 22.5 Å². The maximum Gasteiger partial charge on any atom is 0.411 e. The molecular weight excluding hydrogens is 403 g/mol. The minimum absolute atomic E-state index is 0.221. The summed E-state index contributed by atoms with van der Waals surface area (Å²) in [5, 5.41) is 0.361. The molecule has 0 radical (unpaired) electrons. The Balaban J connectivity index is 1.93. The van der Waals surface area contributed by atoms with E-state index in [1.165, 1.54) is 47.0 Å². The Kier molecular flexibility index (Phi) is 3.94. The van der Waals surface area contributed by atoms with Gasteiger partial charge in [0, 0.05) is 5.02 Å². The Morgan fingerprint density at radius 1 is 1.15 bits per heavy atom. The molecule has 27 heavy (non-hydrogen) atoms. The van der Waals surface area contributed by atoms with Crippen molar-refractivity contribution in [2.75, 3.05) is 4.31 Å². The average molecular weight is 416 g/mol. The van der Waals surface area contributed by atoms with E-state index in [2.05, 4.69) is 4.98 Å². The van der Waals surface area contributed by atoms with Gasteiger partial charge in [-0.25, -0.2) is 17.7 Å². The number of hydrogen-bond acceptors (Lipinski definition) is 3. The van der Waals surface area contributed by atoms with Crippen molar-refractivity contribution in [2.24, 2.45) is 0 Å². The summed E-state index contributed by atoms with van der Waals surface area (Å²) in [4.78, 5) is 3.91. The largest absolute Gasteiger partial charge is 0.411 e. The molecule has 4 rings (SSSR count). The number of hydrogen-bond donors (Lipinski definition) is 0. The fraction of sp³-hybridized carbons (Fsp3) is 0.235. The minimum atomic E-state index is -4.75. The lowest BCUT2D eigenvalue weighted by Crippen LogP contribution is -2.47. The molecule has 5 nitrogen and oxygen atoms in total. The predicted molar refractivity (Wildman–Crippen MR) is 95.4 cm³/mol. The van der Waals surface area contributed by atoms with Gasteiger partial charge in [-0.05, 0) is 37.3 Å². The van der Waals surface area contributed by atoms with E-state index in [0.29, 0.717) is 20.4 Å². The Morgan fingerprint density at radius 2 is 1.81 bits per heavy atom. The van der Waals surface area contributed by atoms with E-state index in [1.54, 1.807) is 6.92 Å². The van der Waals surface area contributed by atoms with Gasteiger partial charge in [0.1, 0.15) is 0 Å². The van der Waals surface area contributed by atoms with Crippen molar-refractivity contribution in [2.45, 2.75) is 30.6 Å². The van der Waals surface area contributed by atoms with Crippen molar-refractivity contribution in [1.82, 2.24) is 9.55 Å². The molecule has 2 aromatic carbocycles. The second kappa shape index (κ2) is 5.87. The molecule has 2 heterocycles. The first kappa shape index (κ1) is 18.1. The van der Waals surface area contributed by atoms with Gasteiger partial charge in [-0.3, -0.25) is 0 Å². The summed E-state index contributed by atoms with van der Waals surface area (Å²) in [6.45, 7) is 1.19. The molecule has 0 saturated carbocycles. The molecule has 1 aromatic heterocycles. The van der Waals surface area contributed by atoms with Crippen LogP contribution in [0.1, 0.15) is 5.56 Å². The molecule has 0 amide bonds. The van der Waals surface area contributed by atoms with Gasteiger partial charge in [-0.1, -0.05) is 29.3 Å². The van der Waals surface area contributed by atoms with E-state index in [9.17, 15) is 21.6 Å². The number of benzene rings is 2. The molecule has 0 bridgehead atoms. The second-order valence-electron chi connectivity index (χ2n) is 6.33. The first-order chi connectivity index (χ1) is 12.6. The summed E-state index contributed by atoms with van der Waals surface area (Å²) in [5.74, 6) is -0.268. The highest BCUT2D eigenvalue weighted by Gasteiger charge is 2.54. The monoisotopic (exact) mass is 415 g/mol. The lowest BCUT2D eigenvalue weighted by molar-refractivity contribution is -0.145. The van der Waals surface area contributed by atoms with Gasteiger partial charge in [-0.2, -0.15) is 13.2 Å². The molecule has 10 heteroatoms. The predicted octanol–water partition coefficient (Wildman–Crippen LogP) is 4.14. The molecule has 1 atom stereocenters. The first-order valence-corrected chi connectivity index (χ1v) is 9.74. The number of aryl methyl sites for hydroxylation is 1. The van der Waals surface area contributed by atoms with Crippen LogP contribution in [0.15, 0.2) is 47.4 Å². The highest BCUT2D eigenvalue weighted by molar-refractivity contribution is 7.92. The van der Waals surface area contributed by atoms with Gasteiger partial charge in [0.15, 0.2) is 6.04 Å². The van der Waals surface area contributed by atoms with Crippen LogP contribution in [0.4, 0.5) is 19.1 Å². The smallest absolute Gasteiger partial charge is 0.307 e. The molecule has 0 spiro atoms. The quantitative estimate of drug-likeness (QED) is 0.632. The number of fused-ring (bicyclic) bond motifs is 3. The van der Waals surface area contributed by atoms with Gasteiger partial charge in [0.25, 0.3) is 10.0 Å². The number of anilines is 1. The summed E-state index contributed by atoms with van der Waals surface area (Å²) in [7, 11) is -4.46. The Bertz CT molecular complexity index is 1140. The van der Waals surface area contributed by atoms with E-state index in [1.807, 2.05) is 0 Å². The maximum atomic E-state index is 13.7. The highest BCUT2D eigenvalue weighted by atomic mass is 35.5. The van der Waals surface area contributed by atoms with Crippen LogP contribution in [0.2, 0.25) is 5.02 Å². The standard InChI is InChI=1S/C17H13ClF3N3O2S/c1-10-2-5-12(6-3-10)27(25,26)24-15(17(19,20)21)9-23-14-7-4-11(18)8-13(14)22-16(23)24/h2-8,15H,9H2,1H3. The fourth-order valence-electron chi connectivity index (χ4n) is 3.16. The zero-order valence-corrected chi connectivity index (χ0v) is 15.5. The van der Waals surface area contributed by atoms with Crippen molar-refractivity contribution in [1.29, 1.82) is 0 Å². The topological polar surface area (TPSA) is 55.2 Å². The van der Waals surface area contributed by atoms with Gasteiger partial charge < -0.3 is 4.57 Å². The Labute approximate surface area is 158 Å². The third-order valence-corrected chi connectivity index (χ3v) is 6.52. The molecule has 0 aliphatic carbocycles. The SMILES string of the molecule is Cc1ccc(S(=O)(=O)N2c3nc4cc(Cl)ccc4n3CC2C(F)(F)F)cc1. The fourth-order valence-corrected chi connectivity index (χ4v) is 4.91. The zero-order valence-electron chi connectivity index (χ0n) is 13.9. The minimum Gasteiger partial charge on any atom is -0.307 e. The van der Waals surface area contributed by atoms with Crippen LogP contribution in [0.25, 0.3) is 11.0 Å². The molecule has 3 aromatic rings. The van der Waals surface area contributed by atoms with Crippen LogP contribution in [0.3, 0.4) is 0 Å². The van der Waals surface area contributed by atoms with Crippen LogP contribution in [-0.4, -0.2) is 30.2 Å². The number of rotatable bonds is 2. The van der Waals surface area contributed by atoms with Crippen molar-refractivity contribution < 1.29 is 21.6 Å². The van der Waals surface area contributed by atoms with Crippen LogP contribution in [0.5, 0.6) is 0 Å². The number of sulfonamides is 1. The van der Waals surface area contributed by atoms with Gasteiger partial charge in [-0.15, -0.1) is 0 Å². The normalized spacial score (nSPS) is 17.5. The summed E-state index contributed by atoms with van der Waals surface area (Å²) in [6, 6.07) is 7.97. The number of nitrogens with zero attached hydrogens (tertiary/aromatic N) is 3. The van der Waals surface area contributed by atoms with E-state index < -0.39 is 28.8 Å². The summed E-state index contributed by atoms with van der Waals surface area (Å²) >= 11 is 5.92. The molecule has 142 valence electrons. The number of halogens is 4. The van der Waals surface area contributed by atoms with Crippen LogP contribution >= 0.6 is 11.6 Å². The lowest BCUT2D eigenvalue weighted by Gasteiger charge is -2.26. The van der Waals surface area contributed by atoms with Crippen LogP contribution in [0, 0.1) is 6.92 Å². The Hall–Kier alpha value is -2.26. The van der Waals surface area contributed by atoms with Crippen molar-refractivity contribution >= 4 is 38.6 Å². The summed E-state index contributed by atoms with van der Waals surface area (Å²) in [5.41, 5.74) is 1.53. The van der Waals surface area contributed by atoms with E-state index >= 15 is 0 Å². The molecule has 0 saturated heterocycles. The van der Waals surface area contributed by atoms with Crippen molar-refractivity contribution in [3.05, 3.63) is 53.1 Å². The number of aromatic nitrogens is 2. The van der Waals surface area contributed by atoms with Crippen molar-refractivity contribution in [3.8, 4) is 0 Å². The van der Waals surface area contributed by atoms with Crippen LogP contribution < -0.4 is 4.31 Å². The van der Waals surface area contributed by atoms with E-state index in [-0.39, 0.29) is 10.8 Å². The highest BCUT2D eigenvalue weighted by Crippen LogP contribution is 2.41. The van der Waals surface area contributed by atoms with Crippen LogP contribution in [-0.2, 0) is 16.6 Å². The first-order valence-electron chi connectivity index (χ1n) is 7.92. The van der Waals surface area contributed by atoms with Gasteiger partial charge >= 0.3 is 6.18 Å². The second-order valence-corrected chi connectivity index (χ2v) is 8.58. The van der Waals surface area contributed by atoms with Crippen molar-refractivity contribution in [3.63, 3.8) is 0 Å².